The summed E-state index contributed by atoms with van der Waals surface area (Å²) in [5.41, 5.74) is 17.1. The van der Waals surface area contributed by atoms with Crippen molar-refractivity contribution in [2.75, 3.05) is 4.90 Å². The molecule has 0 amide bonds. The molecule has 1 aliphatic carbocycles. The molecule has 10 aromatic carbocycles. The van der Waals surface area contributed by atoms with Crippen molar-refractivity contribution in [1.82, 2.24) is 4.57 Å². The molecular weight excluding hydrogens is 737 g/mol. The van der Waals surface area contributed by atoms with Crippen molar-refractivity contribution < 1.29 is 0 Å². The lowest BCUT2D eigenvalue weighted by molar-refractivity contribution is 0.660. The van der Waals surface area contributed by atoms with Crippen LogP contribution in [0.25, 0.3) is 82.4 Å². The Balaban J connectivity index is 0.981. The van der Waals surface area contributed by atoms with Gasteiger partial charge >= 0.3 is 0 Å². The molecule has 0 saturated heterocycles. The van der Waals surface area contributed by atoms with E-state index in [0.29, 0.717) is 0 Å². The second-order valence-corrected chi connectivity index (χ2v) is 16.9. The standard InChI is InChI=1S/C59H42N2/c1-59(2)55-22-8-5-17-51(55)54-38-42(28-36-56(54)59)41-14-11-15-46(37-41)60(44-31-33-45(34-32-44)61-57-23-9-6-18-52(57)53-19-7-10-24-58(53)61)43-29-25-40(26-30-43)48-20-12-21-49-47-16-4-3-13-39(47)27-35-50(48)49/h3-38H,1-2H3. The first-order valence-electron chi connectivity index (χ1n) is 21.3. The van der Waals surface area contributed by atoms with Gasteiger partial charge in [-0.1, -0.05) is 166 Å². The van der Waals surface area contributed by atoms with Gasteiger partial charge in [0.05, 0.1) is 11.0 Å². The molecule has 0 spiro atoms. The first-order valence-corrected chi connectivity index (χ1v) is 21.3. The third-order valence-electron chi connectivity index (χ3n) is 13.2. The molecule has 11 aromatic rings. The molecule has 61 heavy (non-hydrogen) atoms. The molecule has 2 nitrogen and oxygen atoms in total. The largest absolute Gasteiger partial charge is 0.310 e. The van der Waals surface area contributed by atoms with Gasteiger partial charge in [0.25, 0.3) is 0 Å². The van der Waals surface area contributed by atoms with Crippen LogP contribution >= 0.6 is 0 Å². The Kier molecular flexibility index (Phi) is 7.92. The van der Waals surface area contributed by atoms with E-state index in [9.17, 15) is 0 Å². The number of anilines is 3. The maximum Gasteiger partial charge on any atom is 0.0541 e. The van der Waals surface area contributed by atoms with E-state index in [4.69, 9.17) is 0 Å². The minimum Gasteiger partial charge on any atom is -0.310 e. The SMILES string of the molecule is CC1(C)c2ccccc2-c2cc(-c3cccc(N(c4ccc(-c5cccc6c5ccc5ccccc56)cc4)c4ccc(-n5c6ccccc6c6ccccc65)cc4)c3)ccc21. The summed E-state index contributed by atoms with van der Waals surface area (Å²) in [6.07, 6.45) is 0. The summed E-state index contributed by atoms with van der Waals surface area (Å²) in [6.45, 7) is 4.69. The maximum atomic E-state index is 2.40. The Labute approximate surface area is 356 Å². The molecule has 0 N–H and O–H groups in total. The van der Waals surface area contributed by atoms with Crippen LogP contribution < -0.4 is 4.90 Å². The van der Waals surface area contributed by atoms with Crippen LogP contribution in [0.4, 0.5) is 17.1 Å². The lowest BCUT2D eigenvalue weighted by atomic mass is 9.82. The molecule has 288 valence electrons. The summed E-state index contributed by atoms with van der Waals surface area (Å²) in [5.74, 6) is 0. The zero-order valence-electron chi connectivity index (χ0n) is 34.2. The van der Waals surface area contributed by atoms with Crippen molar-refractivity contribution in [1.29, 1.82) is 0 Å². The van der Waals surface area contributed by atoms with Crippen molar-refractivity contribution in [2.24, 2.45) is 0 Å². The van der Waals surface area contributed by atoms with E-state index in [-0.39, 0.29) is 5.41 Å². The number of benzene rings is 10. The molecule has 12 rings (SSSR count). The van der Waals surface area contributed by atoms with Crippen LogP contribution in [0.1, 0.15) is 25.0 Å². The van der Waals surface area contributed by atoms with Crippen LogP contribution in [0.15, 0.2) is 218 Å². The molecule has 1 heterocycles. The fourth-order valence-corrected chi connectivity index (χ4v) is 10.2. The van der Waals surface area contributed by atoms with Gasteiger partial charge in [-0.05, 0) is 133 Å². The van der Waals surface area contributed by atoms with Gasteiger partial charge < -0.3 is 9.47 Å². The second kappa shape index (κ2) is 13.7. The van der Waals surface area contributed by atoms with Crippen LogP contribution in [-0.4, -0.2) is 4.57 Å². The van der Waals surface area contributed by atoms with Crippen molar-refractivity contribution in [3.05, 3.63) is 230 Å². The molecule has 1 aliphatic rings. The summed E-state index contributed by atoms with van der Waals surface area (Å²) in [7, 11) is 0. The predicted octanol–water partition coefficient (Wildman–Crippen LogP) is 16.2. The van der Waals surface area contributed by atoms with E-state index >= 15 is 0 Å². The molecule has 0 unspecified atom stereocenters. The number of hydrogen-bond donors (Lipinski definition) is 0. The number of nitrogens with zero attached hydrogens (tertiary/aromatic N) is 2. The summed E-state index contributed by atoms with van der Waals surface area (Å²) in [6, 6.07) is 80.4. The molecule has 0 fully saturated rings. The average molecular weight is 779 g/mol. The lowest BCUT2D eigenvalue weighted by Crippen LogP contribution is -2.14. The number of para-hydroxylation sites is 2. The summed E-state index contributed by atoms with van der Waals surface area (Å²) in [5, 5.41) is 7.61. The third-order valence-corrected chi connectivity index (χ3v) is 13.2. The zero-order chi connectivity index (χ0) is 40.7. The maximum absolute atomic E-state index is 2.40. The second-order valence-electron chi connectivity index (χ2n) is 16.9. The van der Waals surface area contributed by atoms with E-state index in [1.54, 1.807) is 0 Å². The Morgan fingerprint density at radius 3 is 1.69 bits per heavy atom. The Bertz CT molecular complexity index is 3440. The molecule has 0 atom stereocenters. The van der Waals surface area contributed by atoms with E-state index in [1.807, 2.05) is 0 Å². The number of aromatic nitrogens is 1. The van der Waals surface area contributed by atoms with Crippen molar-refractivity contribution in [3.63, 3.8) is 0 Å². The minimum atomic E-state index is -0.0273. The highest BCUT2D eigenvalue weighted by Crippen LogP contribution is 2.50. The fraction of sp³-hybridized carbons (Fsp3) is 0.0508. The smallest absolute Gasteiger partial charge is 0.0541 e. The number of hydrogen-bond acceptors (Lipinski definition) is 1. The predicted molar refractivity (Wildman–Crippen MR) is 259 cm³/mol. The van der Waals surface area contributed by atoms with Gasteiger partial charge in [-0.2, -0.15) is 0 Å². The van der Waals surface area contributed by atoms with Crippen LogP contribution in [0.2, 0.25) is 0 Å². The van der Waals surface area contributed by atoms with E-state index in [0.717, 1.165) is 22.7 Å². The van der Waals surface area contributed by atoms with Crippen LogP contribution in [0.3, 0.4) is 0 Å². The molecule has 2 heteroatoms. The van der Waals surface area contributed by atoms with Crippen LogP contribution in [-0.2, 0) is 5.41 Å². The van der Waals surface area contributed by atoms with Crippen LogP contribution in [0.5, 0.6) is 0 Å². The molecule has 0 saturated carbocycles. The first kappa shape index (κ1) is 35.3. The molecule has 0 radical (unpaired) electrons. The monoisotopic (exact) mass is 778 g/mol. The van der Waals surface area contributed by atoms with E-state index in [2.05, 4.69) is 242 Å². The summed E-state index contributed by atoms with van der Waals surface area (Å²) in [4.78, 5) is 2.39. The average Bonchev–Trinajstić information content (AvgIpc) is 3.77. The van der Waals surface area contributed by atoms with Gasteiger partial charge in [-0.15, -0.1) is 0 Å². The highest BCUT2D eigenvalue weighted by molar-refractivity contribution is 6.12. The Morgan fingerprint density at radius 2 is 0.918 bits per heavy atom. The number of rotatable bonds is 6. The topological polar surface area (TPSA) is 8.17 Å². The number of fused-ring (bicyclic) bond motifs is 9. The highest BCUT2D eigenvalue weighted by Gasteiger charge is 2.35. The van der Waals surface area contributed by atoms with Gasteiger partial charge in [0.2, 0.25) is 0 Å². The molecule has 1 aromatic heterocycles. The Morgan fingerprint density at radius 1 is 0.344 bits per heavy atom. The van der Waals surface area contributed by atoms with E-state index < -0.39 is 0 Å². The molecule has 0 bridgehead atoms. The first-order chi connectivity index (χ1) is 30.0. The highest BCUT2D eigenvalue weighted by atomic mass is 15.1. The van der Waals surface area contributed by atoms with Crippen molar-refractivity contribution in [2.45, 2.75) is 19.3 Å². The van der Waals surface area contributed by atoms with Crippen LogP contribution in [0, 0.1) is 0 Å². The van der Waals surface area contributed by atoms with Gasteiger partial charge in [0, 0.05) is 38.9 Å². The normalized spacial score (nSPS) is 12.9. The van der Waals surface area contributed by atoms with Crippen molar-refractivity contribution in [3.8, 4) is 39.1 Å². The fourth-order valence-electron chi connectivity index (χ4n) is 10.2. The minimum absolute atomic E-state index is 0.0273. The quantitative estimate of drug-likeness (QED) is 0.153. The van der Waals surface area contributed by atoms with Gasteiger partial charge in [0.15, 0.2) is 0 Å². The van der Waals surface area contributed by atoms with Gasteiger partial charge in [-0.3, -0.25) is 0 Å². The summed E-state index contributed by atoms with van der Waals surface area (Å²) >= 11 is 0. The van der Waals surface area contributed by atoms with E-state index in [1.165, 1.54) is 87.9 Å². The zero-order valence-corrected chi connectivity index (χ0v) is 34.2. The Hall–Kier alpha value is -7.68. The third kappa shape index (κ3) is 5.56. The van der Waals surface area contributed by atoms with Gasteiger partial charge in [0.1, 0.15) is 0 Å². The summed E-state index contributed by atoms with van der Waals surface area (Å²) < 4.78 is 2.38. The van der Waals surface area contributed by atoms with Crippen molar-refractivity contribution >= 4 is 60.4 Å². The lowest BCUT2D eigenvalue weighted by Gasteiger charge is -2.27. The molecule has 0 aliphatic heterocycles. The van der Waals surface area contributed by atoms with Gasteiger partial charge in [-0.25, -0.2) is 0 Å². The molecular formula is C59H42N2.